The van der Waals surface area contributed by atoms with Gasteiger partial charge in [0.05, 0.1) is 12.2 Å². The first-order valence-corrected chi connectivity index (χ1v) is 10.6. The van der Waals surface area contributed by atoms with Gasteiger partial charge >= 0.3 is 11.7 Å². The van der Waals surface area contributed by atoms with Gasteiger partial charge in [-0.3, -0.25) is 9.36 Å². The number of ether oxygens (including phenoxy) is 2. The molecule has 1 saturated heterocycles. The molecule has 32 heavy (non-hydrogen) atoms. The zero-order valence-corrected chi connectivity index (χ0v) is 17.5. The number of benzene rings is 2. The van der Waals surface area contributed by atoms with Crippen molar-refractivity contribution in [3.8, 4) is 0 Å². The maximum Gasteiger partial charge on any atom is 0.350 e. The molecule has 1 aliphatic heterocycles. The first-order valence-electron chi connectivity index (χ1n) is 9.65. The van der Waals surface area contributed by atoms with Gasteiger partial charge in [0.25, 0.3) is 5.91 Å². The summed E-state index contributed by atoms with van der Waals surface area (Å²) in [5.41, 5.74) is -0.522. The van der Waals surface area contributed by atoms with Crippen LogP contribution >= 0.6 is 11.8 Å². The number of carbonyl (C=O) groups excluding carboxylic acids is 2. The van der Waals surface area contributed by atoms with Gasteiger partial charge in [-0.2, -0.15) is 4.98 Å². The number of hydrogen-bond donors (Lipinski definition) is 1. The summed E-state index contributed by atoms with van der Waals surface area (Å²) < 4.78 is 26.4. The van der Waals surface area contributed by atoms with Crippen molar-refractivity contribution < 1.29 is 23.5 Å². The molecule has 3 aromatic rings. The highest BCUT2D eigenvalue weighted by molar-refractivity contribution is 8.00. The molecular formula is C22H18FN3O5S. The van der Waals surface area contributed by atoms with E-state index < -0.39 is 40.0 Å². The fourth-order valence-electron chi connectivity index (χ4n) is 2.99. The lowest BCUT2D eigenvalue weighted by Crippen LogP contribution is -2.28. The van der Waals surface area contributed by atoms with Gasteiger partial charge in [-0.1, -0.05) is 48.2 Å². The summed E-state index contributed by atoms with van der Waals surface area (Å²) in [6.07, 6.45) is 0.981. The molecular weight excluding hydrogens is 437 g/mol. The van der Waals surface area contributed by atoms with Gasteiger partial charge in [0.2, 0.25) is 0 Å². The third-order valence-corrected chi connectivity index (χ3v) is 5.83. The average molecular weight is 455 g/mol. The SMILES string of the molecule is O=C(Nc1nc(=O)n(C2CO[C@@H](COC(=O)c3ccccc3)S2)cc1F)c1ccccc1. The van der Waals surface area contributed by atoms with E-state index in [1.54, 1.807) is 60.7 Å². The number of aromatic nitrogens is 2. The third-order valence-electron chi connectivity index (χ3n) is 4.58. The molecule has 1 unspecified atom stereocenters. The number of nitrogens with one attached hydrogen (secondary N) is 1. The van der Waals surface area contributed by atoms with E-state index in [2.05, 4.69) is 10.3 Å². The number of hydrogen-bond acceptors (Lipinski definition) is 7. The number of halogens is 1. The van der Waals surface area contributed by atoms with Crippen molar-refractivity contribution in [1.82, 2.24) is 9.55 Å². The molecule has 8 nitrogen and oxygen atoms in total. The monoisotopic (exact) mass is 455 g/mol. The minimum Gasteiger partial charge on any atom is -0.458 e. The molecule has 1 N–H and O–H groups in total. The van der Waals surface area contributed by atoms with Crippen molar-refractivity contribution >= 4 is 29.5 Å². The van der Waals surface area contributed by atoms with Crippen molar-refractivity contribution in [3.05, 3.63) is 94.3 Å². The smallest absolute Gasteiger partial charge is 0.350 e. The van der Waals surface area contributed by atoms with Crippen LogP contribution in [-0.4, -0.2) is 40.1 Å². The van der Waals surface area contributed by atoms with Crippen molar-refractivity contribution in [2.45, 2.75) is 10.8 Å². The Bertz CT molecular complexity index is 1170. The molecule has 1 aliphatic rings. The molecule has 0 aliphatic carbocycles. The summed E-state index contributed by atoms with van der Waals surface area (Å²) in [5.74, 6) is -2.36. The Balaban J connectivity index is 1.38. The number of amides is 1. The highest BCUT2D eigenvalue weighted by Crippen LogP contribution is 2.35. The Hall–Kier alpha value is -3.50. The van der Waals surface area contributed by atoms with Gasteiger partial charge in [0.1, 0.15) is 17.4 Å². The Morgan fingerprint density at radius 1 is 1.12 bits per heavy atom. The largest absolute Gasteiger partial charge is 0.458 e. The maximum absolute atomic E-state index is 14.5. The van der Waals surface area contributed by atoms with Crippen LogP contribution in [0.2, 0.25) is 0 Å². The summed E-state index contributed by atoms with van der Waals surface area (Å²) in [5, 5.41) is 1.76. The summed E-state index contributed by atoms with van der Waals surface area (Å²) in [4.78, 5) is 40.3. The van der Waals surface area contributed by atoms with Gasteiger partial charge in [-0.25, -0.2) is 14.0 Å². The number of esters is 1. The minimum atomic E-state index is -0.853. The highest BCUT2D eigenvalue weighted by atomic mass is 32.2. The van der Waals surface area contributed by atoms with Crippen LogP contribution in [0.5, 0.6) is 0 Å². The molecule has 2 aromatic carbocycles. The van der Waals surface area contributed by atoms with E-state index in [4.69, 9.17) is 9.47 Å². The lowest BCUT2D eigenvalue weighted by Gasteiger charge is -2.13. The first kappa shape index (κ1) is 21.7. The number of anilines is 1. The molecule has 0 saturated carbocycles. The van der Waals surface area contributed by atoms with E-state index in [1.807, 2.05) is 0 Å². The second-order valence-electron chi connectivity index (χ2n) is 6.77. The summed E-state index contributed by atoms with van der Waals surface area (Å²) in [7, 11) is 0. The van der Waals surface area contributed by atoms with Crippen molar-refractivity contribution in [2.24, 2.45) is 0 Å². The summed E-state index contributed by atoms with van der Waals surface area (Å²) in [6.45, 7) is 0.0831. The van der Waals surface area contributed by atoms with Crippen LogP contribution in [0.25, 0.3) is 0 Å². The summed E-state index contributed by atoms with van der Waals surface area (Å²) in [6, 6.07) is 16.7. The molecule has 1 amide bonds. The fourth-order valence-corrected chi connectivity index (χ4v) is 4.08. The normalized spacial score (nSPS) is 17.7. The molecule has 2 heterocycles. The van der Waals surface area contributed by atoms with Gasteiger partial charge < -0.3 is 14.8 Å². The molecule has 1 aromatic heterocycles. The molecule has 10 heteroatoms. The van der Waals surface area contributed by atoms with Crippen molar-refractivity contribution in [3.63, 3.8) is 0 Å². The lowest BCUT2D eigenvalue weighted by molar-refractivity contribution is 0.0273. The summed E-state index contributed by atoms with van der Waals surface area (Å²) >= 11 is 1.21. The van der Waals surface area contributed by atoms with E-state index in [-0.39, 0.29) is 13.2 Å². The van der Waals surface area contributed by atoms with E-state index in [9.17, 15) is 18.8 Å². The van der Waals surface area contributed by atoms with Crippen LogP contribution < -0.4 is 11.0 Å². The van der Waals surface area contributed by atoms with E-state index >= 15 is 0 Å². The quantitative estimate of drug-likeness (QED) is 0.570. The van der Waals surface area contributed by atoms with Gasteiger partial charge in [0.15, 0.2) is 11.6 Å². The van der Waals surface area contributed by atoms with Gasteiger partial charge in [-0.05, 0) is 24.3 Å². The second kappa shape index (κ2) is 9.75. The fraction of sp³-hybridized carbons (Fsp3) is 0.182. The molecule has 164 valence electrons. The maximum atomic E-state index is 14.5. The van der Waals surface area contributed by atoms with Gasteiger partial charge in [-0.15, -0.1) is 0 Å². The number of thioether (sulfide) groups is 1. The minimum absolute atomic E-state index is 0.0230. The van der Waals surface area contributed by atoms with Crippen LogP contribution in [0.1, 0.15) is 26.1 Å². The topological polar surface area (TPSA) is 99.5 Å². The molecule has 0 spiro atoms. The van der Waals surface area contributed by atoms with Crippen molar-refractivity contribution in [1.29, 1.82) is 0 Å². The van der Waals surface area contributed by atoms with E-state index in [0.717, 1.165) is 10.8 Å². The van der Waals surface area contributed by atoms with Crippen LogP contribution in [0.15, 0.2) is 71.7 Å². The number of carbonyl (C=O) groups is 2. The van der Waals surface area contributed by atoms with E-state index in [0.29, 0.717) is 11.1 Å². The Kier molecular flexibility index (Phi) is 6.62. The third kappa shape index (κ3) is 5.04. The van der Waals surface area contributed by atoms with Gasteiger partial charge in [0, 0.05) is 11.8 Å². The highest BCUT2D eigenvalue weighted by Gasteiger charge is 2.30. The van der Waals surface area contributed by atoms with E-state index in [1.165, 1.54) is 11.8 Å². The second-order valence-corrected chi connectivity index (χ2v) is 8.11. The lowest BCUT2D eigenvalue weighted by atomic mass is 10.2. The number of nitrogens with zero attached hydrogens (tertiary/aromatic N) is 2. The molecule has 1 fully saturated rings. The predicted molar refractivity (Wildman–Crippen MR) is 116 cm³/mol. The van der Waals surface area contributed by atoms with Crippen molar-refractivity contribution in [2.75, 3.05) is 18.5 Å². The Morgan fingerprint density at radius 3 is 2.47 bits per heavy atom. The number of rotatable bonds is 6. The van der Waals surface area contributed by atoms with Crippen LogP contribution in [0, 0.1) is 5.82 Å². The van der Waals surface area contributed by atoms with Crippen LogP contribution in [0.4, 0.5) is 10.2 Å². The molecule has 4 rings (SSSR count). The molecule has 2 atom stereocenters. The molecule has 0 radical (unpaired) electrons. The van der Waals surface area contributed by atoms with Crippen LogP contribution in [-0.2, 0) is 9.47 Å². The van der Waals surface area contributed by atoms with Crippen LogP contribution in [0.3, 0.4) is 0 Å². The average Bonchev–Trinajstić information content (AvgIpc) is 3.29. The standard InChI is InChI=1S/C22H18FN3O5S/c23-16-11-26(22(29)25-19(16)24-20(27)14-7-3-1-4-8-14)17-12-30-18(32-17)13-31-21(28)15-9-5-2-6-10-15/h1-11,17-18H,12-13H2,(H,24,25,27,29)/t17?,18-/m1/s1. The zero-order chi connectivity index (χ0) is 22.5. The predicted octanol–water partition coefficient (Wildman–Crippen LogP) is 3.08. The Labute approximate surface area is 186 Å². The Morgan fingerprint density at radius 2 is 1.78 bits per heavy atom. The molecule has 0 bridgehead atoms. The zero-order valence-electron chi connectivity index (χ0n) is 16.6. The first-order chi connectivity index (χ1) is 15.5.